The number of benzene rings is 1. The van der Waals surface area contributed by atoms with E-state index in [1.54, 1.807) is 18.2 Å². The minimum atomic E-state index is -1.47. The van der Waals surface area contributed by atoms with E-state index in [9.17, 15) is 9.18 Å². The van der Waals surface area contributed by atoms with Gasteiger partial charge < -0.3 is 9.63 Å². The zero-order valence-electron chi connectivity index (χ0n) is 10.9. The van der Waals surface area contributed by atoms with Gasteiger partial charge in [-0.3, -0.25) is 0 Å². The smallest absolute Gasteiger partial charge is 0.358 e. The van der Waals surface area contributed by atoms with Crippen molar-refractivity contribution < 1.29 is 18.8 Å². The van der Waals surface area contributed by atoms with Gasteiger partial charge in [0.2, 0.25) is 0 Å². The molecule has 2 rings (SSSR count). The number of hydrogen-bond donors (Lipinski definition) is 1. The first-order valence-electron chi connectivity index (χ1n) is 5.79. The molecule has 1 N–H and O–H groups in total. The Bertz CT molecular complexity index is 626. The highest BCUT2D eigenvalue weighted by Gasteiger charge is 2.21. The van der Waals surface area contributed by atoms with E-state index in [1.165, 1.54) is 19.9 Å². The van der Waals surface area contributed by atoms with Crippen molar-refractivity contribution in [2.75, 3.05) is 0 Å². The lowest BCUT2D eigenvalue weighted by Gasteiger charge is -2.16. The lowest BCUT2D eigenvalue weighted by Crippen LogP contribution is -2.09. The number of carboxylic acids is 1. The van der Waals surface area contributed by atoms with Crippen molar-refractivity contribution in [3.05, 3.63) is 41.1 Å². The predicted octanol–water partition coefficient (Wildman–Crippen LogP) is 3.55. The maximum atomic E-state index is 13.9. The number of aryl methyl sites for hydroxylation is 1. The van der Waals surface area contributed by atoms with Crippen LogP contribution in [0.15, 0.2) is 28.8 Å². The van der Waals surface area contributed by atoms with Crippen LogP contribution in [0.5, 0.6) is 0 Å². The minimum absolute atomic E-state index is 0.167. The lowest BCUT2D eigenvalue weighted by atomic mass is 9.95. The van der Waals surface area contributed by atoms with Crippen LogP contribution < -0.4 is 0 Å². The predicted molar refractivity (Wildman–Crippen MR) is 67.8 cm³/mol. The molecule has 0 bridgehead atoms. The molecule has 19 heavy (non-hydrogen) atoms. The molecule has 0 unspecified atom stereocenters. The summed E-state index contributed by atoms with van der Waals surface area (Å²) >= 11 is 0. The molecule has 0 radical (unpaired) electrons. The number of hydrogen-bond acceptors (Lipinski definition) is 3. The van der Waals surface area contributed by atoms with Gasteiger partial charge in [0.25, 0.3) is 0 Å². The van der Waals surface area contributed by atoms with Crippen LogP contribution in [-0.2, 0) is 5.67 Å². The summed E-state index contributed by atoms with van der Waals surface area (Å²) in [6, 6.07) is 6.46. The van der Waals surface area contributed by atoms with Gasteiger partial charge in [-0.25, -0.2) is 9.18 Å². The van der Waals surface area contributed by atoms with E-state index in [2.05, 4.69) is 5.16 Å². The molecule has 2 aromatic rings. The van der Waals surface area contributed by atoms with E-state index < -0.39 is 11.6 Å². The van der Waals surface area contributed by atoms with Gasteiger partial charge in [0, 0.05) is 11.6 Å². The van der Waals surface area contributed by atoms with Gasteiger partial charge in [0.15, 0.2) is 11.5 Å². The van der Waals surface area contributed by atoms with Gasteiger partial charge in [-0.2, -0.15) is 0 Å². The Hall–Kier alpha value is -2.17. The van der Waals surface area contributed by atoms with E-state index in [1.807, 2.05) is 6.92 Å². The molecule has 4 nitrogen and oxygen atoms in total. The molecule has 0 saturated heterocycles. The standard InChI is InChI=1S/C14H14FNO3/c1-8-4-5-9(14(2,3)15)6-10(8)12-7-11(13(17)18)16-19-12/h4-7H,1-3H3,(H,17,18). The Morgan fingerprint density at radius 2 is 2.05 bits per heavy atom. The summed E-state index contributed by atoms with van der Waals surface area (Å²) in [5.74, 6) is -0.837. The van der Waals surface area contributed by atoms with E-state index >= 15 is 0 Å². The van der Waals surface area contributed by atoms with Gasteiger partial charge in [-0.15, -0.1) is 0 Å². The molecule has 0 saturated carbocycles. The molecular weight excluding hydrogens is 249 g/mol. The first kappa shape index (κ1) is 13.3. The summed E-state index contributed by atoms with van der Waals surface area (Å²) in [7, 11) is 0. The molecular formula is C14H14FNO3. The van der Waals surface area contributed by atoms with Crippen LogP contribution in [0.4, 0.5) is 4.39 Å². The number of alkyl halides is 1. The van der Waals surface area contributed by atoms with Crippen LogP contribution in [0.2, 0.25) is 0 Å². The molecule has 1 aromatic carbocycles. The van der Waals surface area contributed by atoms with Gasteiger partial charge in [-0.1, -0.05) is 17.3 Å². The number of aromatic nitrogens is 1. The van der Waals surface area contributed by atoms with Crippen LogP contribution in [-0.4, -0.2) is 16.2 Å². The monoisotopic (exact) mass is 263 g/mol. The van der Waals surface area contributed by atoms with Crippen molar-refractivity contribution in [2.45, 2.75) is 26.4 Å². The second-order valence-corrected chi connectivity index (χ2v) is 4.88. The number of nitrogens with zero attached hydrogens (tertiary/aromatic N) is 1. The van der Waals surface area contributed by atoms with E-state index in [0.29, 0.717) is 16.9 Å². The van der Waals surface area contributed by atoms with Crippen LogP contribution >= 0.6 is 0 Å². The number of halogens is 1. The largest absolute Gasteiger partial charge is 0.476 e. The Balaban J connectivity index is 2.51. The van der Waals surface area contributed by atoms with E-state index in [4.69, 9.17) is 9.63 Å². The topological polar surface area (TPSA) is 63.3 Å². The van der Waals surface area contributed by atoms with Gasteiger partial charge >= 0.3 is 5.97 Å². The second kappa shape index (κ2) is 4.50. The summed E-state index contributed by atoms with van der Waals surface area (Å²) in [6.07, 6.45) is 0. The highest BCUT2D eigenvalue weighted by Crippen LogP contribution is 2.31. The first-order chi connectivity index (χ1) is 8.79. The molecule has 0 spiro atoms. The molecule has 0 aliphatic rings. The summed E-state index contributed by atoms with van der Waals surface area (Å²) < 4.78 is 18.9. The Kier molecular flexibility index (Phi) is 3.14. The summed E-state index contributed by atoms with van der Waals surface area (Å²) in [5.41, 5.74) is 0.364. The molecule has 0 amide bonds. The van der Waals surface area contributed by atoms with Crippen LogP contribution in [0.3, 0.4) is 0 Å². The highest BCUT2D eigenvalue weighted by atomic mass is 19.1. The zero-order valence-corrected chi connectivity index (χ0v) is 10.9. The van der Waals surface area contributed by atoms with Crippen molar-refractivity contribution in [3.8, 4) is 11.3 Å². The van der Waals surface area contributed by atoms with Gasteiger partial charge in [-0.05, 0) is 38.0 Å². The summed E-state index contributed by atoms with van der Waals surface area (Å²) in [6.45, 7) is 4.77. The molecule has 0 aliphatic carbocycles. The average molecular weight is 263 g/mol. The molecule has 0 atom stereocenters. The van der Waals surface area contributed by atoms with Crippen molar-refractivity contribution in [1.29, 1.82) is 0 Å². The maximum absolute atomic E-state index is 13.9. The molecule has 0 aliphatic heterocycles. The third-order valence-electron chi connectivity index (χ3n) is 2.92. The normalized spacial score (nSPS) is 11.6. The Morgan fingerprint density at radius 3 is 2.58 bits per heavy atom. The number of aromatic carboxylic acids is 1. The molecule has 100 valence electrons. The SMILES string of the molecule is Cc1ccc(C(C)(C)F)cc1-c1cc(C(=O)O)no1. The summed E-state index contributed by atoms with van der Waals surface area (Å²) in [4.78, 5) is 10.8. The fourth-order valence-corrected chi connectivity index (χ4v) is 1.76. The van der Waals surface area contributed by atoms with Crippen LogP contribution in [0, 0.1) is 6.92 Å². The lowest BCUT2D eigenvalue weighted by molar-refractivity contribution is 0.0686. The first-order valence-corrected chi connectivity index (χ1v) is 5.79. The third kappa shape index (κ3) is 2.65. The fraction of sp³-hybridized carbons (Fsp3) is 0.286. The fourth-order valence-electron chi connectivity index (χ4n) is 1.76. The second-order valence-electron chi connectivity index (χ2n) is 4.88. The Labute approximate surface area is 109 Å². The third-order valence-corrected chi connectivity index (χ3v) is 2.92. The quantitative estimate of drug-likeness (QED) is 0.919. The van der Waals surface area contributed by atoms with E-state index in [-0.39, 0.29) is 5.69 Å². The van der Waals surface area contributed by atoms with E-state index in [0.717, 1.165) is 5.56 Å². The number of carbonyl (C=O) groups is 1. The highest BCUT2D eigenvalue weighted by molar-refractivity contribution is 5.86. The molecule has 5 heteroatoms. The number of carboxylic acid groups (broad SMARTS) is 1. The average Bonchev–Trinajstić information content (AvgIpc) is 2.77. The van der Waals surface area contributed by atoms with Crippen LogP contribution in [0.25, 0.3) is 11.3 Å². The maximum Gasteiger partial charge on any atom is 0.358 e. The zero-order chi connectivity index (χ0) is 14.2. The Morgan fingerprint density at radius 1 is 1.37 bits per heavy atom. The van der Waals surface area contributed by atoms with Crippen molar-refractivity contribution >= 4 is 5.97 Å². The van der Waals surface area contributed by atoms with Crippen molar-refractivity contribution in [2.24, 2.45) is 0 Å². The number of rotatable bonds is 3. The minimum Gasteiger partial charge on any atom is -0.476 e. The van der Waals surface area contributed by atoms with Crippen LogP contribution in [0.1, 0.15) is 35.5 Å². The van der Waals surface area contributed by atoms with Crippen molar-refractivity contribution in [3.63, 3.8) is 0 Å². The summed E-state index contributed by atoms with van der Waals surface area (Å²) in [5, 5.41) is 12.3. The van der Waals surface area contributed by atoms with Crippen molar-refractivity contribution in [1.82, 2.24) is 5.16 Å². The molecule has 1 heterocycles. The van der Waals surface area contributed by atoms with Gasteiger partial charge in [0.1, 0.15) is 5.67 Å². The molecule has 1 aromatic heterocycles. The molecule has 0 fully saturated rings. The van der Waals surface area contributed by atoms with Gasteiger partial charge in [0.05, 0.1) is 0 Å².